The van der Waals surface area contributed by atoms with E-state index in [0.29, 0.717) is 11.3 Å². The molecule has 2 aromatic carbocycles. The number of rotatable bonds is 2. The summed E-state index contributed by atoms with van der Waals surface area (Å²) in [6, 6.07) is 14.6. The molecule has 0 bridgehead atoms. The predicted octanol–water partition coefficient (Wildman–Crippen LogP) is 3.37. The number of para-hydroxylation sites is 1. The van der Waals surface area contributed by atoms with E-state index in [4.69, 9.17) is 0 Å². The zero-order valence-electron chi connectivity index (χ0n) is 11.4. The Morgan fingerprint density at radius 3 is 2.71 bits per heavy atom. The summed E-state index contributed by atoms with van der Waals surface area (Å²) in [5, 5.41) is 5.55. The van der Waals surface area contributed by atoms with Crippen LogP contribution in [-0.4, -0.2) is 17.1 Å². The third kappa shape index (κ3) is 2.92. The Bertz CT molecular complexity index is 701. The first-order valence-electron chi connectivity index (χ1n) is 6.61. The van der Waals surface area contributed by atoms with Crippen LogP contribution in [0, 0.1) is 0 Å². The van der Waals surface area contributed by atoms with Gasteiger partial charge < -0.3 is 10.6 Å². The molecule has 4 nitrogen and oxygen atoms in total. The van der Waals surface area contributed by atoms with Gasteiger partial charge in [0.1, 0.15) is 0 Å². The molecule has 1 aliphatic heterocycles. The van der Waals surface area contributed by atoms with Crippen molar-refractivity contribution in [2.45, 2.75) is 17.1 Å². The van der Waals surface area contributed by atoms with Crippen LogP contribution in [0.4, 0.5) is 11.4 Å². The number of hydrogen-bond donors (Lipinski definition) is 2. The minimum Gasteiger partial charge on any atom is -0.324 e. The van der Waals surface area contributed by atoms with E-state index >= 15 is 0 Å². The molecule has 1 unspecified atom stereocenters. The predicted molar refractivity (Wildman–Crippen MR) is 84.8 cm³/mol. The van der Waals surface area contributed by atoms with E-state index in [1.807, 2.05) is 43.3 Å². The maximum Gasteiger partial charge on any atom is 0.255 e. The van der Waals surface area contributed by atoms with Crippen LogP contribution in [0.15, 0.2) is 53.4 Å². The molecule has 3 rings (SSSR count). The van der Waals surface area contributed by atoms with Crippen molar-refractivity contribution in [2.75, 3.05) is 10.6 Å². The van der Waals surface area contributed by atoms with Gasteiger partial charge in [0, 0.05) is 16.1 Å². The number of anilines is 2. The van der Waals surface area contributed by atoms with Crippen molar-refractivity contribution in [3.8, 4) is 0 Å². The highest BCUT2D eigenvalue weighted by Crippen LogP contribution is 2.35. The van der Waals surface area contributed by atoms with Crippen LogP contribution in [0.2, 0.25) is 0 Å². The minimum atomic E-state index is -0.193. The Morgan fingerprint density at radius 2 is 1.95 bits per heavy atom. The fourth-order valence-electron chi connectivity index (χ4n) is 2.07. The quantitative estimate of drug-likeness (QED) is 0.893. The molecule has 0 saturated carbocycles. The summed E-state index contributed by atoms with van der Waals surface area (Å²) in [5.41, 5.74) is 1.96. The maximum atomic E-state index is 12.2. The monoisotopic (exact) mass is 298 g/mol. The first-order chi connectivity index (χ1) is 10.1. The molecule has 0 aliphatic carbocycles. The molecule has 1 heterocycles. The zero-order valence-corrected chi connectivity index (χ0v) is 12.2. The van der Waals surface area contributed by atoms with Gasteiger partial charge in [0.25, 0.3) is 5.91 Å². The number of thioether (sulfide) groups is 1. The first-order valence-corrected chi connectivity index (χ1v) is 7.49. The van der Waals surface area contributed by atoms with E-state index in [1.165, 1.54) is 11.8 Å². The van der Waals surface area contributed by atoms with Gasteiger partial charge in [-0.25, -0.2) is 0 Å². The molecule has 2 N–H and O–H groups in total. The SMILES string of the molecule is CC1Sc2ccc(C(=O)Nc3ccccc3)cc2NC1=O. The highest BCUT2D eigenvalue weighted by atomic mass is 32.2. The second kappa shape index (κ2) is 5.61. The van der Waals surface area contributed by atoms with Crippen LogP contribution in [-0.2, 0) is 4.79 Å². The first kappa shape index (κ1) is 13.7. The van der Waals surface area contributed by atoms with Crippen LogP contribution in [0.3, 0.4) is 0 Å². The van der Waals surface area contributed by atoms with Gasteiger partial charge >= 0.3 is 0 Å². The van der Waals surface area contributed by atoms with Gasteiger partial charge in [-0.15, -0.1) is 11.8 Å². The molecular formula is C16H14N2O2S. The van der Waals surface area contributed by atoms with Gasteiger partial charge in [-0.1, -0.05) is 18.2 Å². The lowest BCUT2D eigenvalue weighted by Gasteiger charge is -2.21. The maximum absolute atomic E-state index is 12.2. The fraction of sp³-hybridized carbons (Fsp3) is 0.125. The summed E-state index contributed by atoms with van der Waals surface area (Å²) >= 11 is 1.50. The normalized spacial score (nSPS) is 16.8. The Balaban J connectivity index is 1.82. The topological polar surface area (TPSA) is 58.2 Å². The summed E-state index contributed by atoms with van der Waals surface area (Å²) in [6.45, 7) is 1.86. The van der Waals surface area contributed by atoms with E-state index in [0.717, 1.165) is 10.6 Å². The lowest BCUT2D eigenvalue weighted by atomic mass is 10.1. The third-order valence-electron chi connectivity index (χ3n) is 3.20. The van der Waals surface area contributed by atoms with Crippen molar-refractivity contribution in [3.05, 3.63) is 54.1 Å². The Morgan fingerprint density at radius 1 is 1.19 bits per heavy atom. The van der Waals surface area contributed by atoms with Gasteiger partial charge in [-0.2, -0.15) is 0 Å². The molecule has 21 heavy (non-hydrogen) atoms. The molecule has 1 aliphatic rings. The third-order valence-corrected chi connectivity index (χ3v) is 4.38. The second-order valence-electron chi connectivity index (χ2n) is 4.78. The largest absolute Gasteiger partial charge is 0.324 e. The van der Waals surface area contributed by atoms with Crippen LogP contribution in [0.25, 0.3) is 0 Å². The molecule has 0 fully saturated rings. The van der Waals surface area contributed by atoms with Crippen LogP contribution < -0.4 is 10.6 Å². The molecule has 0 radical (unpaired) electrons. The zero-order chi connectivity index (χ0) is 14.8. The van der Waals surface area contributed by atoms with Crippen molar-refractivity contribution in [1.29, 1.82) is 0 Å². The van der Waals surface area contributed by atoms with E-state index in [-0.39, 0.29) is 17.1 Å². The lowest BCUT2D eigenvalue weighted by molar-refractivity contribution is -0.115. The lowest BCUT2D eigenvalue weighted by Crippen LogP contribution is -2.26. The number of benzene rings is 2. The van der Waals surface area contributed by atoms with E-state index in [1.54, 1.807) is 12.1 Å². The highest BCUT2D eigenvalue weighted by molar-refractivity contribution is 8.00. The number of amides is 2. The summed E-state index contributed by atoms with van der Waals surface area (Å²) < 4.78 is 0. The van der Waals surface area contributed by atoms with Crippen molar-refractivity contribution in [2.24, 2.45) is 0 Å². The molecule has 2 amide bonds. The molecule has 0 aromatic heterocycles. The summed E-state index contributed by atoms with van der Waals surface area (Å²) in [4.78, 5) is 24.9. The Hall–Kier alpha value is -2.27. The summed E-state index contributed by atoms with van der Waals surface area (Å²) in [6.07, 6.45) is 0. The average molecular weight is 298 g/mol. The van der Waals surface area contributed by atoms with E-state index < -0.39 is 0 Å². The van der Waals surface area contributed by atoms with Crippen LogP contribution in [0.5, 0.6) is 0 Å². The van der Waals surface area contributed by atoms with Crippen molar-refractivity contribution in [3.63, 3.8) is 0 Å². The van der Waals surface area contributed by atoms with Gasteiger partial charge in [-0.05, 0) is 37.3 Å². The Labute approximate surface area is 126 Å². The number of carbonyl (C=O) groups is 2. The van der Waals surface area contributed by atoms with Gasteiger partial charge in [0.2, 0.25) is 5.91 Å². The number of hydrogen-bond acceptors (Lipinski definition) is 3. The highest BCUT2D eigenvalue weighted by Gasteiger charge is 2.23. The fourth-order valence-corrected chi connectivity index (χ4v) is 3.01. The average Bonchev–Trinajstić information content (AvgIpc) is 2.49. The molecule has 2 aromatic rings. The van der Waals surface area contributed by atoms with Crippen LogP contribution >= 0.6 is 11.8 Å². The van der Waals surface area contributed by atoms with Gasteiger partial charge in [-0.3, -0.25) is 9.59 Å². The van der Waals surface area contributed by atoms with Crippen molar-refractivity contribution < 1.29 is 9.59 Å². The number of fused-ring (bicyclic) bond motifs is 1. The molecule has 0 saturated heterocycles. The second-order valence-corrected chi connectivity index (χ2v) is 6.16. The summed E-state index contributed by atoms with van der Waals surface area (Å²) in [7, 11) is 0. The van der Waals surface area contributed by atoms with Gasteiger partial charge in [0.15, 0.2) is 0 Å². The van der Waals surface area contributed by atoms with Crippen LogP contribution in [0.1, 0.15) is 17.3 Å². The number of nitrogens with one attached hydrogen (secondary N) is 2. The molecule has 1 atom stereocenters. The number of carbonyl (C=O) groups excluding carboxylic acids is 2. The van der Waals surface area contributed by atoms with Crippen molar-refractivity contribution >= 4 is 35.0 Å². The standard InChI is InChI=1S/C16H14N2O2S/c1-10-15(19)18-13-9-11(7-8-14(13)21-10)16(20)17-12-5-3-2-4-6-12/h2-10H,1H3,(H,17,20)(H,18,19). The Kier molecular flexibility index (Phi) is 3.66. The van der Waals surface area contributed by atoms with Crippen molar-refractivity contribution in [1.82, 2.24) is 0 Å². The molecular weight excluding hydrogens is 284 g/mol. The van der Waals surface area contributed by atoms with E-state index in [2.05, 4.69) is 10.6 Å². The molecule has 5 heteroatoms. The van der Waals surface area contributed by atoms with Gasteiger partial charge in [0.05, 0.1) is 10.9 Å². The smallest absolute Gasteiger partial charge is 0.255 e. The summed E-state index contributed by atoms with van der Waals surface area (Å²) in [5.74, 6) is -0.227. The van der Waals surface area contributed by atoms with E-state index in [9.17, 15) is 9.59 Å². The molecule has 106 valence electrons. The minimum absolute atomic E-state index is 0.0342. The molecule has 0 spiro atoms.